The first kappa shape index (κ1) is 16.3. The number of hydrogen-bond acceptors (Lipinski definition) is 2. The monoisotopic (exact) mass is 281 g/mol. The highest BCUT2D eigenvalue weighted by Gasteiger charge is 1.97. The maximum Gasteiger partial charge on any atom is 0.190 e. The first-order valence-electron chi connectivity index (χ1n) is 7.09. The maximum atomic E-state index is 12.7. The maximum absolute atomic E-state index is 12.7. The molecule has 0 aliphatic carbocycles. The number of hydrogen-bond donors (Lipinski definition) is 2. The minimum atomic E-state index is -0.243. The molecule has 0 fully saturated rings. The van der Waals surface area contributed by atoms with Crippen LogP contribution in [0.15, 0.2) is 29.3 Å². The SMILES string of the molecule is CCCNC(=NC)NCCCCOc1ccc(F)cc1. The zero-order valence-electron chi connectivity index (χ0n) is 12.3. The summed E-state index contributed by atoms with van der Waals surface area (Å²) in [6.07, 6.45) is 3.01. The van der Waals surface area contributed by atoms with E-state index < -0.39 is 0 Å². The highest BCUT2D eigenvalue weighted by molar-refractivity contribution is 5.79. The van der Waals surface area contributed by atoms with Crippen LogP contribution >= 0.6 is 0 Å². The summed E-state index contributed by atoms with van der Waals surface area (Å²) in [4.78, 5) is 4.13. The van der Waals surface area contributed by atoms with Gasteiger partial charge in [0.05, 0.1) is 6.61 Å². The Hall–Kier alpha value is -1.78. The third-order valence-corrected chi connectivity index (χ3v) is 2.71. The molecule has 1 aromatic carbocycles. The average molecular weight is 281 g/mol. The number of nitrogens with one attached hydrogen (secondary N) is 2. The number of nitrogens with zero attached hydrogens (tertiary/aromatic N) is 1. The van der Waals surface area contributed by atoms with Crippen LogP contribution in [0.4, 0.5) is 4.39 Å². The Balaban J connectivity index is 2.05. The quantitative estimate of drug-likeness (QED) is 0.437. The first-order chi connectivity index (χ1) is 9.76. The van der Waals surface area contributed by atoms with Gasteiger partial charge in [-0.3, -0.25) is 4.99 Å². The molecule has 0 spiro atoms. The van der Waals surface area contributed by atoms with E-state index >= 15 is 0 Å². The summed E-state index contributed by atoms with van der Waals surface area (Å²) in [6, 6.07) is 6.09. The van der Waals surface area contributed by atoms with Crippen molar-refractivity contribution in [3.63, 3.8) is 0 Å². The van der Waals surface area contributed by atoms with E-state index in [2.05, 4.69) is 22.5 Å². The van der Waals surface area contributed by atoms with Crippen LogP contribution < -0.4 is 15.4 Å². The molecule has 0 amide bonds. The second-order valence-corrected chi connectivity index (χ2v) is 4.44. The van der Waals surface area contributed by atoms with Gasteiger partial charge in [-0.15, -0.1) is 0 Å². The van der Waals surface area contributed by atoms with Gasteiger partial charge in [-0.1, -0.05) is 6.92 Å². The molecular formula is C15H24FN3O. The fourth-order valence-electron chi connectivity index (χ4n) is 1.62. The van der Waals surface area contributed by atoms with Crippen molar-refractivity contribution in [3.05, 3.63) is 30.1 Å². The van der Waals surface area contributed by atoms with Crippen molar-refractivity contribution >= 4 is 5.96 Å². The van der Waals surface area contributed by atoms with Crippen molar-refractivity contribution in [2.45, 2.75) is 26.2 Å². The van der Waals surface area contributed by atoms with Gasteiger partial charge in [-0.05, 0) is 43.5 Å². The van der Waals surface area contributed by atoms with E-state index in [4.69, 9.17) is 4.74 Å². The van der Waals surface area contributed by atoms with Crippen molar-refractivity contribution in [2.75, 3.05) is 26.7 Å². The normalized spacial score (nSPS) is 11.2. The number of aliphatic imine (C=N–C) groups is 1. The molecule has 0 unspecified atom stereocenters. The smallest absolute Gasteiger partial charge is 0.190 e. The zero-order valence-corrected chi connectivity index (χ0v) is 12.3. The Morgan fingerprint density at radius 2 is 1.85 bits per heavy atom. The zero-order chi connectivity index (χ0) is 14.6. The molecular weight excluding hydrogens is 257 g/mol. The molecule has 5 heteroatoms. The van der Waals surface area contributed by atoms with Crippen LogP contribution in [-0.2, 0) is 0 Å². The van der Waals surface area contributed by atoms with Gasteiger partial charge < -0.3 is 15.4 Å². The second kappa shape index (κ2) is 10.1. The van der Waals surface area contributed by atoms with Crippen LogP contribution in [0.2, 0.25) is 0 Å². The fraction of sp³-hybridized carbons (Fsp3) is 0.533. The molecule has 4 nitrogen and oxygen atoms in total. The van der Waals surface area contributed by atoms with Crippen molar-refractivity contribution < 1.29 is 9.13 Å². The molecule has 0 radical (unpaired) electrons. The molecule has 20 heavy (non-hydrogen) atoms. The van der Waals surface area contributed by atoms with Crippen LogP contribution in [0.5, 0.6) is 5.75 Å². The molecule has 0 aromatic heterocycles. The van der Waals surface area contributed by atoms with Crippen molar-refractivity contribution in [2.24, 2.45) is 4.99 Å². The third-order valence-electron chi connectivity index (χ3n) is 2.71. The van der Waals surface area contributed by atoms with E-state index in [9.17, 15) is 4.39 Å². The number of unbranched alkanes of at least 4 members (excludes halogenated alkanes) is 1. The predicted molar refractivity (Wildman–Crippen MR) is 80.8 cm³/mol. The Morgan fingerprint density at radius 3 is 2.50 bits per heavy atom. The molecule has 2 N–H and O–H groups in total. The van der Waals surface area contributed by atoms with E-state index in [1.165, 1.54) is 12.1 Å². The van der Waals surface area contributed by atoms with E-state index in [0.717, 1.165) is 38.3 Å². The van der Waals surface area contributed by atoms with Crippen LogP contribution in [0, 0.1) is 5.82 Å². The van der Waals surface area contributed by atoms with Gasteiger partial charge in [-0.2, -0.15) is 0 Å². The topological polar surface area (TPSA) is 45.7 Å². The minimum Gasteiger partial charge on any atom is -0.494 e. The molecule has 1 rings (SSSR count). The van der Waals surface area contributed by atoms with Gasteiger partial charge in [0, 0.05) is 20.1 Å². The minimum absolute atomic E-state index is 0.243. The van der Waals surface area contributed by atoms with Gasteiger partial charge in [0.1, 0.15) is 11.6 Å². The Morgan fingerprint density at radius 1 is 1.15 bits per heavy atom. The molecule has 1 aromatic rings. The fourth-order valence-corrected chi connectivity index (χ4v) is 1.62. The number of halogens is 1. The molecule has 0 aliphatic heterocycles. The molecule has 0 atom stereocenters. The molecule has 0 heterocycles. The van der Waals surface area contributed by atoms with E-state index in [1.807, 2.05) is 0 Å². The Kier molecular flexibility index (Phi) is 8.19. The number of rotatable bonds is 8. The summed E-state index contributed by atoms with van der Waals surface area (Å²) >= 11 is 0. The van der Waals surface area contributed by atoms with Crippen LogP contribution in [-0.4, -0.2) is 32.7 Å². The van der Waals surface area contributed by atoms with Gasteiger partial charge in [0.15, 0.2) is 5.96 Å². The van der Waals surface area contributed by atoms with Gasteiger partial charge in [0.2, 0.25) is 0 Å². The number of ether oxygens (including phenoxy) is 1. The lowest BCUT2D eigenvalue weighted by Crippen LogP contribution is -2.38. The summed E-state index contributed by atoms with van der Waals surface area (Å²) in [6.45, 7) is 4.53. The van der Waals surface area contributed by atoms with E-state index in [1.54, 1.807) is 19.2 Å². The summed E-state index contributed by atoms with van der Waals surface area (Å²) in [5.41, 5.74) is 0. The van der Waals surface area contributed by atoms with Crippen molar-refractivity contribution in [3.8, 4) is 5.75 Å². The standard InChI is InChI=1S/C15H24FN3O/c1-3-10-18-15(17-2)19-11-4-5-12-20-14-8-6-13(16)7-9-14/h6-9H,3-5,10-12H2,1-2H3,(H2,17,18,19). The predicted octanol–water partition coefficient (Wildman–Crippen LogP) is 2.56. The Bertz CT molecular complexity index is 393. The van der Waals surface area contributed by atoms with Crippen LogP contribution in [0.3, 0.4) is 0 Å². The Labute approximate surface area is 120 Å². The molecule has 0 saturated carbocycles. The summed E-state index contributed by atoms with van der Waals surface area (Å²) in [5, 5.41) is 6.46. The summed E-state index contributed by atoms with van der Waals surface area (Å²) in [5.74, 6) is 1.30. The lowest BCUT2D eigenvalue weighted by Gasteiger charge is -2.11. The molecule has 0 aliphatic rings. The van der Waals surface area contributed by atoms with Crippen molar-refractivity contribution in [1.82, 2.24) is 10.6 Å². The third kappa shape index (κ3) is 6.97. The van der Waals surface area contributed by atoms with Crippen molar-refractivity contribution in [1.29, 1.82) is 0 Å². The van der Waals surface area contributed by atoms with Gasteiger partial charge >= 0.3 is 0 Å². The molecule has 112 valence electrons. The molecule has 0 bridgehead atoms. The van der Waals surface area contributed by atoms with Crippen LogP contribution in [0.1, 0.15) is 26.2 Å². The average Bonchev–Trinajstić information content (AvgIpc) is 2.47. The van der Waals surface area contributed by atoms with Gasteiger partial charge in [-0.25, -0.2) is 4.39 Å². The summed E-state index contributed by atoms with van der Waals surface area (Å²) in [7, 11) is 1.77. The van der Waals surface area contributed by atoms with Gasteiger partial charge in [0.25, 0.3) is 0 Å². The lowest BCUT2D eigenvalue weighted by atomic mass is 10.3. The van der Waals surface area contributed by atoms with E-state index in [-0.39, 0.29) is 5.82 Å². The largest absolute Gasteiger partial charge is 0.494 e. The van der Waals surface area contributed by atoms with E-state index in [0.29, 0.717) is 12.4 Å². The number of benzene rings is 1. The lowest BCUT2D eigenvalue weighted by molar-refractivity contribution is 0.306. The highest BCUT2D eigenvalue weighted by atomic mass is 19.1. The van der Waals surface area contributed by atoms with Crippen LogP contribution in [0.25, 0.3) is 0 Å². The number of guanidine groups is 1. The first-order valence-corrected chi connectivity index (χ1v) is 7.09. The highest BCUT2D eigenvalue weighted by Crippen LogP contribution is 2.11. The molecule has 0 saturated heterocycles. The second-order valence-electron chi connectivity index (χ2n) is 4.44. The summed E-state index contributed by atoms with van der Waals surface area (Å²) < 4.78 is 18.2.